The number of aromatic nitrogens is 3. The second-order valence-corrected chi connectivity index (χ2v) is 7.23. The lowest BCUT2D eigenvalue weighted by Gasteiger charge is -2.34. The highest BCUT2D eigenvalue weighted by atomic mass is 16.5. The van der Waals surface area contributed by atoms with E-state index in [1.54, 1.807) is 18.6 Å². The molecule has 4 rings (SSSR count). The predicted octanol–water partition coefficient (Wildman–Crippen LogP) is 4.00. The molecular weight excluding hydrogens is 364 g/mol. The Morgan fingerprint density at radius 3 is 2.72 bits per heavy atom. The number of benzene rings is 1. The summed E-state index contributed by atoms with van der Waals surface area (Å²) in [7, 11) is 0. The molecule has 0 N–H and O–H groups in total. The lowest BCUT2D eigenvalue weighted by molar-refractivity contribution is -0.132. The molecule has 6 heteroatoms. The first-order valence-corrected chi connectivity index (χ1v) is 10.2. The molecule has 6 nitrogen and oxygen atoms in total. The lowest BCUT2D eigenvalue weighted by atomic mass is 9.91. The summed E-state index contributed by atoms with van der Waals surface area (Å²) in [6.45, 7) is 4.03. The number of amides is 1. The summed E-state index contributed by atoms with van der Waals surface area (Å²) in [4.78, 5) is 24.3. The van der Waals surface area contributed by atoms with Crippen molar-refractivity contribution in [2.24, 2.45) is 5.92 Å². The van der Waals surface area contributed by atoms with Crippen molar-refractivity contribution >= 4 is 11.6 Å². The first kappa shape index (κ1) is 19.3. The highest BCUT2D eigenvalue weighted by molar-refractivity contribution is 5.95. The summed E-state index contributed by atoms with van der Waals surface area (Å²) in [6.07, 6.45) is 8.50. The SMILES string of the molecule is CCn1ccnc1[C@@H]1OCCC[C@H]1C(=O)N(Cc1ccccc1)c1ccncc1. The predicted molar refractivity (Wildman–Crippen MR) is 111 cm³/mol. The Labute approximate surface area is 171 Å². The molecule has 1 aliphatic rings. The fourth-order valence-electron chi connectivity index (χ4n) is 3.92. The smallest absolute Gasteiger partial charge is 0.233 e. The van der Waals surface area contributed by atoms with Crippen LogP contribution in [0.5, 0.6) is 0 Å². The van der Waals surface area contributed by atoms with E-state index in [2.05, 4.69) is 21.5 Å². The molecule has 0 aliphatic carbocycles. The van der Waals surface area contributed by atoms with E-state index in [0.717, 1.165) is 36.5 Å². The average Bonchev–Trinajstić information content (AvgIpc) is 3.27. The molecule has 3 heterocycles. The van der Waals surface area contributed by atoms with Crippen LogP contribution in [-0.2, 0) is 22.6 Å². The van der Waals surface area contributed by atoms with E-state index in [9.17, 15) is 4.79 Å². The third-order valence-electron chi connectivity index (χ3n) is 5.41. The molecule has 0 radical (unpaired) electrons. The van der Waals surface area contributed by atoms with E-state index in [1.807, 2.05) is 53.6 Å². The molecule has 2 aromatic heterocycles. The summed E-state index contributed by atoms with van der Waals surface area (Å²) in [5.74, 6) is 0.628. The maximum Gasteiger partial charge on any atom is 0.233 e. The highest BCUT2D eigenvalue weighted by Gasteiger charge is 2.38. The van der Waals surface area contributed by atoms with Gasteiger partial charge in [-0.05, 0) is 37.5 Å². The Kier molecular flexibility index (Phi) is 6.00. The average molecular weight is 390 g/mol. The molecule has 1 aromatic carbocycles. The Hall–Kier alpha value is -2.99. The van der Waals surface area contributed by atoms with Crippen LogP contribution in [0, 0.1) is 5.92 Å². The topological polar surface area (TPSA) is 60.3 Å². The van der Waals surface area contributed by atoms with Gasteiger partial charge in [-0.25, -0.2) is 4.98 Å². The first-order chi connectivity index (χ1) is 14.3. The molecule has 0 bridgehead atoms. The van der Waals surface area contributed by atoms with Crippen molar-refractivity contribution in [1.82, 2.24) is 14.5 Å². The summed E-state index contributed by atoms with van der Waals surface area (Å²) in [5.41, 5.74) is 1.93. The van der Waals surface area contributed by atoms with E-state index < -0.39 is 0 Å². The Morgan fingerprint density at radius 2 is 1.97 bits per heavy atom. The fourth-order valence-corrected chi connectivity index (χ4v) is 3.92. The lowest BCUT2D eigenvalue weighted by Crippen LogP contribution is -2.41. The van der Waals surface area contributed by atoms with Crippen LogP contribution in [-0.4, -0.2) is 27.0 Å². The Morgan fingerprint density at radius 1 is 1.17 bits per heavy atom. The summed E-state index contributed by atoms with van der Waals surface area (Å²) in [6, 6.07) is 13.8. The van der Waals surface area contributed by atoms with Gasteiger partial charge in [0.25, 0.3) is 0 Å². The van der Waals surface area contributed by atoms with Gasteiger partial charge in [0, 0.05) is 43.6 Å². The van der Waals surface area contributed by atoms with Crippen molar-refractivity contribution in [2.45, 2.75) is 39.0 Å². The second kappa shape index (κ2) is 9.01. The van der Waals surface area contributed by atoms with Crippen molar-refractivity contribution in [3.63, 3.8) is 0 Å². The van der Waals surface area contributed by atoms with Crippen LogP contribution in [0.1, 0.15) is 37.3 Å². The number of rotatable bonds is 6. The van der Waals surface area contributed by atoms with E-state index >= 15 is 0 Å². The second-order valence-electron chi connectivity index (χ2n) is 7.23. The highest BCUT2D eigenvalue weighted by Crippen LogP contribution is 2.35. The van der Waals surface area contributed by atoms with Gasteiger partial charge in [-0.15, -0.1) is 0 Å². The minimum Gasteiger partial charge on any atom is -0.369 e. The normalized spacial score (nSPS) is 19.1. The number of hydrogen-bond acceptors (Lipinski definition) is 4. The van der Waals surface area contributed by atoms with Gasteiger partial charge >= 0.3 is 0 Å². The molecule has 1 fully saturated rings. The Balaban J connectivity index is 1.66. The zero-order valence-electron chi connectivity index (χ0n) is 16.6. The first-order valence-electron chi connectivity index (χ1n) is 10.2. The van der Waals surface area contributed by atoms with Gasteiger partial charge in [0.05, 0.1) is 12.5 Å². The maximum absolute atomic E-state index is 13.8. The van der Waals surface area contributed by atoms with Crippen molar-refractivity contribution in [3.05, 3.63) is 78.6 Å². The number of imidazole rings is 1. The number of aryl methyl sites for hydroxylation is 1. The molecule has 0 unspecified atom stereocenters. The minimum atomic E-state index is -0.327. The van der Waals surface area contributed by atoms with Gasteiger partial charge < -0.3 is 14.2 Å². The fraction of sp³-hybridized carbons (Fsp3) is 0.348. The van der Waals surface area contributed by atoms with Gasteiger partial charge in [0.15, 0.2) is 0 Å². The summed E-state index contributed by atoms with van der Waals surface area (Å²) in [5, 5.41) is 0. The zero-order chi connectivity index (χ0) is 20.1. The van der Waals surface area contributed by atoms with Crippen LogP contribution in [0.3, 0.4) is 0 Å². The van der Waals surface area contributed by atoms with Gasteiger partial charge in [-0.1, -0.05) is 30.3 Å². The minimum absolute atomic E-state index is 0.0652. The van der Waals surface area contributed by atoms with E-state index in [0.29, 0.717) is 13.2 Å². The summed E-state index contributed by atoms with van der Waals surface area (Å²) >= 11 is 0. The molecule has 3 aromatic rings. The molecule has 0 spiro atoms. The number of nitrogens with zero attached hydrogens (tertiary/aromatic N) is 4. The van der Waals surface area contributed by atoms with Crippen LogP contribution < -0.4 is 4.90 Å². The number of hydrogen-bond donors (Lipinski definition) is 0. The van der Waals surface area contributed by atoms with E-state index in [1.165, 1.54) is 0 Å². The van der Waals surface area contributed by atoms with Gasteiger partial charge in [0.2, 0.25) is 5.91 Å². The van der Waals surface area contributed by atoms with Crippen molar-refractivity contribution in [2.75, 3.05) is 11.5 Å². The molecular formula is C23H26N4O2. The third-order valence-corrected chi connectivity index (χ3v) is 5.41. The van der Waals surface area contributed by atoms with Crippen molar-refractivity contribution in [3.8, 4) is 0 Å². The Bertz CT molecular complexity index is 926. The number of carbonyl (C=O) groups is 1. The number of ether oxygens (including phenoxy) is 1. The van der Waals surface area contributed by atoms with Crippen LogP contribution in [0.2, 0.25) is 0 Å². The van der Waals surface area contributed by atoms with Crippen LogP contribution in [0.25, 0.3) is 0 Å². The number of carbonyl (C=O) groups excluding carboxylic acids is 1. The van der Waals surface area contributed by atoms with Crippen molar-refractivity contribution in [1.29, 1.82) is 0 Å². The number of anilines is 1. The monoisotopic (exact) mass is 390 g/mol. The molecule has 1 aliphatic heterocycles. The maximum atomic E-state index is 13.8. The van der Waals surface area contributed by atoms with E-state index in [-0.39, 0.29) is 17.9 Å². The third kappa shape index (κ3) is 4.22. The quantitative estimate of drug-likeness (QED) is 0.638. The zero-order valence-corrected chi connectivity index (χ0v) is 16.6. The van der Waals surface area contributed by atoms with Crippen LogP contribution in [0.4, 0.5) is 5.69 Å². The van der Waals surface area contributed by atoms with E-state index in [4.69, 9.17) is 4.74 Å². The van der Waals surface area contributed by atoms with Gasteiger partial charge in [-0.3, -0.25) is 9.78 Å². The molecule has 2 atom stereocenters. The largest absolute Gasteiger partial charge is 0.369 e. The van der Waals surface area contributed by atoms with Gasteiger partial charge in [-0.2, -0.15) is 0 Å². The molecule has 0 saturated carbocycles. The van der Waals surface area contributed by atoms with Gasteiger partial charge in [0.1, 0.15) is 11.9 Å². The standard InChI is InChI=1S/C23H26N4O2/c1-2-26-15-14-25-22(26)21-20(9-6-16-29-21)23(28)27(19-10-12-24-13-11-19)17-18-7-4-3-5-8-18/h3-5,7-8,10-15,20-21H,2,6,9,16-17H2,1H3/t20-,21-/m1/s1. The number of pyridine rings is 1. The molecule has 1 amide bonds. The molecule has 1 saturated heterocycles. The van der Waals surface area contributed by atoms with Crippen LogP contribution >= 0.6 is 0 Å². The van der Waals surface area contributed by atoms with Crippen molar-refractivity contribution < 1.29 is 9.53 Å². The van der Waals surface area contributed by atoms with Crippen LogP contribution in [0.15, 0.2) is 67.3 Å². The molecule has 150 valence electrons. The summed E-state index contributed by atoms with van der Waals surface area (Å²) < 4.78 is 8.15. The molecule has 29 heavy (non-hydrogen) atoms.